The van der Waals surface area contributed by atoms with Gasteiger partial charge in [-0.3, -0.25) is 9.59 Å². The van der Waals surface area contributed by atoms with Crippen LogP contribution in [0.4, 0.5) is 14.5 Å². The molecule has 1 saturated heterocycles. The summed E-state index contributed by atoms with van der Waals surface area (Å²) in [7, 11) is 1.50. The first-order valence-corrected chi connectivity index (χ1v) is 8.34. The Morgan fingerprint density at radius 3 is 2.67 bits per heavy atom. The number of hydrogen-bond acceptors (Lipinski definition) is 4. The maximum atomic E-state index is 13.5. The Hall–Kier alpha value is -3.03. The zero-order valence-electron chi connectivity index (χ0n) is 15.0. The molecule has 1 fully saturated rings. The van der Waals surface area contributed by atoms with Crippen molar-refractivity contribution in [2.45, 2.75) is 19.9 Å². The second-order valence-corrected chi connectivity index (χ2v) is 6.73. The van der Waals surface area contributed by atoms with E-state index in [-0.39, 0.29) is 37.0 Å². The number of pyridine rings is 1. The lowest BCUT2D eigenvalue weighted by Gasteiger charge is -2.23. The van der Waals surface area contributed by atoms with Crippen LogP contribution in [0, 0.1) is 17.0 Å². The average molecular weight is 375 g/mol. The van der Waals surface area contributed by atoms with E-state index in [0.717, 1.165) is 23.8 Å². The highest BCUT2D eigenvalue weighted by molar-refractivity contribution is 6.02. The number of halogens is 2. The molecule has 0 aliphatic carbocycles. The highest BCUT2D eigenvalue weighted by Crippen LogP contribution is 2.35. The normalized spacial score (nSPS) is 19.3. The topological polar surface area (TPSA) is 71.5 Å². The van der Waals surface area contributed by atoms with Crippen LogP contribution in [0.3, 0.4) is 0 Å². The molecule has 0 spiro atoms. The predicted octanol–water partition coefficient (Wildman–Crippen LogP) is 2.43. The van der Waals surface area contributed by atoms with Gasteiger partial charge in [-0.15, -0.1) is 0 Å². The van der Waals surface area contributed by atoms with E-state index in [9.17, 15) is 18.4 Å². The summed E-state index contributed by atoms with van der Waals surface area (Å²) in [6.45, 7) is 1.94. The molecule has 1 aromatic heterocycles. The molecule has 142 valence electrons. The summed E-state index contributed by atoms with van der Waals surface area (Å²) in [6, 6.07) is 6.33. The maximum Gasteiger partial charge on any atom is 0.228 e. The quantitative estimate of drug-likeness (QED) is 0.871. The van der Waals surface area contributed by atoms with Crippen molar-refractivity contribution in [3.8, 4) is 5.88 Å². The number of carbonyl (C=O) groups excluding carboxylic acids is 2. The molecule has 0 bridgehead atoms. The van der Waals surface area contributed by atoms with Crippen LogP contribution in [-0.4, -0.2) is 30.5 Å². The zero-order chi connectivity index (χ0) is 19.6. The Bertz CT molecular complexity index is 870. The lowest BCUT2D eigenvalue weighted by molar-refractivity contribution is -0.131. The molecule has 1 N–H and O–H groups in total. The number of methoxy groups -OCH3 is 1. The molecule has 0 saturated carbocycles. The third-order valence-electron chi connectivity index (χ3n) is 4.52. The molecule has 0 radical (unpaired) electrons. The van der Waals surface area contributed by atoms with E-state index >= 15 is 0 Å². The second-order valence-electron chi connectivity index (χ2n) is 6.73. The maximum absolute atomic E-state index is 13.5. The van der Waals surface area contributed by atoms with Gasteiger partial charge in [0.05, 0.1) is 12.5 Å². The molecule has 2 heterocycles. The van der Waals surface area contributed by atoms with Gasteiger partial charge in [0.25, 0.3) is 0 Å². The Morgan fingerprint density at radius 2 is 2.00 bits per heavy atom. The van der Waals surface area contributed by atoms with E-state index in [1.807, 2.05) is 0 Å². The summed E-state index contributed by atoms with van der Waals surface area (Å²) in [4.78, 5) is 30.3. The third-order valence-corrected chi connectivity index (χ3v) is 4.52. The van der Waals surface area contributed by atoms with E-state index < -0.39 is 17.0 Å². The molecular formula is C19H19F2N3O3. The Balaban J connectivity index is 1.70. The molecule has 3 rings (SSSR count). The van der Waals surface area contributed by atoms with Gasteiger partial charge < -0.3 is 15.0 Å². The van der Waals surface area contributed by atoms with Crippen LogP contribution >= 0.6 is 0 Å². The number of aromatic nitrogens is 1. The molecule has 2 aromatic rings. The molecule has 1 atom stereocenters. The Morgan fingerprint density at radius 1 is 1.30 bits per heavy atom. The zero-order valence-corrected chi connectivity index (χ0v) is 15.0. The van der Waals surface area contributed by atoms with Gasteiger partial charge in [0.2, 0.25) is 17.7 Å². The molecule has 1 aliphatic heterocycles. The van der Waals surface area contributed by atoms with Crippen LogP contribution in [0.15, 0.2) is 36.5 Å². The highest BCUT2D eigenvalue weighted by atomic mass is 19.1. The van der Waals surface area contributed by atoms with Crippen LogP contribution in [0.2, 0.25) is 0 Å². The summed E-state index contributed by atoms with van der Waals surface area (Å²) in [5.74, 6) is -1.79. The second kappa shape index (κ2) is 7.30. The van der Waals surface area contributed by atoms with E-state index in [2.05, 4.69) is 10.3 Å². The number of nitrogens with one attached hydrogen (secondary N) is 1. The van der Waals surface area contributed by atoms with E-state index in [4.69, 9.17) is 4.74 Å². The fraction of sp³-hybridized carbons (Fsp3) is 0.316. The predicted molar refractivity (Wildman–Crippen MR) is 94.1 cm³/mol. The molecule has 8 heteroatoms. The van der Waals surface area contributed by atoms with Gasteiger partial charge in [-0.25, -0.2) is 13.8 Å². The number of amides is 2. The minimum absolute atomic E-state index is 0.0419. The van der Waals surface area contributed by atoms with Crippen LogP contribution < -0.4 is 15.0 Å². The Labute approximate surface area is 155 Å². The number of hydrogen-bond donors (Lipinski definition) is 1. The number of ether oxygens (including phenoxy) is 1. The number of nitrogens with zero attached hydrogens (tertiary/aromatic N) is 2. The van der Waals surface area contributed by atoms with Crippen molar-refractivity contribution >= 4 is 17.5 Å². The van der Waals surface area contributed by atoms with Crippen molar-refractivity contribution in [3.63, 3.8) is 0 Å². The summed E-state index contributed by atoms with van der Waals surface area (Å²) < 4.78 is 32.0. The van der Waals surface area contributed by atoms with Gasteiger partial charge in [-0.1, -0.05) is 0 Å². The average Bonchev–Trinajstić information content (AvgIpc) is 2.95. The summed E-state index contributed by atoms with van der Waals surface area (Å²) >= 11 is 0. The minimum Gasteiger partial charge on any atom is -0.481 e. The van der Waals surface area contributed by atoms with Crippen molar-refractivity contribution in [1.82, 2.24) is 10.3 Å². The standard InChI is InChI=1S/C19H19F2N3O3/c1-19(18(26)23-10-12-3-4-22-16(5-12)27-2)9-17(25)24(11-19)15-7-13(20)6-14(21)8-15/h3-8H,9-11H2,1-2H3,(H,23,26). The molecule has 1 unspecified atom stereocenters. The van der Waals surface area contributed by atoms with Crippen molar-refractivity contribution in [2.24, 2.45) is 5.41 Å². The summed E-state index contributed by atoms with van der Waals surface area (Å²) in [5, 5.41) is 2.80. The van der Waals surface area contributed by atoms with Crippen LogP contribution in [-0.2, 0) is 16.1 Å². The number of rotatable bonds is 5. The van der Waals surface area contributed by atoms with Crippen molar-refractivity contribution in [2.75, 3.05) is 18.6 Å². The van der Waals surface area contributed by atoms with Crippen LogP contribution in [0.1, 0.15) is 18.9 Å². The smallest absolute Gasteiger partial charge is 0.228 e. The van der Waals surface area contributed by atoms with Gasteiger partial charge >= 0.3 is 0 Å². The molecule has 2 amide bonds. The molecule has 6 nitrogen and oxygen atoms in total. The van der Waals surface area contributed by atoms with Crippen LogP contribution in [0.5, 0.6) is 5.88 Å². The summed E-state index contributed by atoms with van der Waals surface area (Å²) in [6.07, 6.45) is 1.53. The monoisotopic (exact) mass is 375 g/mol. The van der Waals surface area contributed by atoms with E-state index in [0.29, 0.717) is 5.88 Å². The van der Waals surface area contributed by atoms with Gasteiger partial charge in [-0.05, 0) is 30.7 Å². The fourth-order valence-electron chi connectivity index (χ4n) is 3.07. The third kappa shape index (κ3) is 4.05. The van der Waals surface area contributed by atoms with Gasteiger partial charge in [-0.2, -0.15) is 0 Å². The first kappa shape index (κ1) is 18.8. The van der Waals surface area contributed by atoms with Gasteiger partial charge in [0, 0.05) is 43.5 Å². The largest absolute Gasteiger partial charge is 0.481 e. The van der Waals surface area contributed by atoms with Crippen LogP contribution in [0.25, 0.3) is 0 Å². The lowest BCUT2D eigenvalue weighted by atomic mass is 9.88. The Kier molecular flexibility index (Phi) is 5.07. The number of anilines is 1. The van der Waals surface area contributed by atoms with Crippen molar-refractivity contribution in [1.29, 1.82) is 0 Å². The summed E-state index contributed by atoms with van der Waals surface area (Å²) in [5.41, 5.74) is -0.100. The minimum atomic E-state index is -1.00. The molecule has 27 heavy (non-hydrogen) atoms. The van der Waals surface area contributed by atoms with Gasteiger partial charge in [0.15, 0.2) is 0 Å². The number of carbonyl (C=O) groups is 2. The molecular weight excluding hydrogens is 356 g/mol. The number of benzene rings is 1. The first-order chi connectivity index (χ1) is 12.8. The van der Waals surface area contributed by atoms with Crippen molar-refractivity contribution in [3.05, 3.63) is 53.7 Å². The van der Waals surface area contributed by atoms with E-state index in [1.165, 1.54) is 12.0 Å². The lowest BCUT2D eigenvalue weighted by Crippen LogP contribution is -2.40. The first-order valence-electron chi connectivity index (χ1n) is 8.34. The van der Waals surface area contributed by atoms with Crippen molar-refractivity contribution < 1.29 is 23.1 Å². The highest BCUT2D eigenvalue weighted by Gasteiger charge is 2.45. The molecule has 1 aromatic carbocycles. The SMILES string of the molecule is COc1cc(CNC(=O)C2(C)CC(=O)N(c3cc(F)cc(F)c3)C2)ccn1. The fourth-order valence-corrected chi connectivity index (χ4v) is 3.07. The van der Waals surface area contributed by atoms with Gasteiger partial charge in [0.1, 0.15) is 11.6 Å². The van der Waals surface area contributed by atoms with E-state index in [1.54, 1.807) is 25.3 Å². The molecule has 1 aliphatic rings.